The van der Waals surface area contributed by atoms with E-state index in [1.165, 1.54) is 6.92 Å². The van der Waals surface area contributed by atoms with Crippen LogP contribution in [0.4, 0.5) is 0 Å². The fraction of sp³-hybridized carbons (Fsp3) is 0.556. The number of carbonyl (C=O) groups is 4. The van der Waals surface area contributed by atoms with Gasteiger partial charge in [-0.15, -0.1) is 0 Å². The molecule has 0 aromatic rings. The predicted molar refractivity (Wildman–Crippen MR) is 60.0 cm³/mol. The van der Waals surface area contributed by atoms with E-state index in [1.807, 2.05) is 0 Å². The smallest absolute Gasteiger partial charge is 1.00 e. The Kier molecular flexibility index (Phi) is 6.34. The van der Waals surface area contributed by atoms with E-state index >= 15 is 0 Å². The summed E-state index contributed by atoms with van der Waals surface area (Å²) < 4.78 is 41.7. The van der Waals surface area contributed by atoms with Gasteiger partial charge in [-0.1, -0.05) is 0 Å². The van der Waals surface area contributed by atoms with Gasteiger partial charge in [-0.25, -0.2) is 0 Å². The first-order valence-corrected chi connectivity index (χ1v) is 14.6. The number of fused-ring (bicyclic) bond motifs is 6. The van der Waals surface area contributed by atoms with Crippen LogP contribution in [-0.2, 0) is 43.3 Å². The SMILES string of the molecule is CC12[O][Sb-]3([O]C(=O)C([O]3)C3[O][Sb-]4([O]C3=O)[O]C(=O)C1[O]4)[O]C2=O.[K+].[K+]. The van der Waals surface area contributed by atoms with Crippen molar-refractivity contribution in [1.82, 2.24) is 0 Å². The zero-order valence-corrected chi connectivity index (χ0v) is 24.4. The summed E-state index contributed by atoms with van der Waals surface area (Å²) in [5, 5.41) is 0. The van der Waals surface area contributed by atoms with Gasteiger partial charge >= 0.3 is 242 Å². The monoisotopic (exact) mass is 626 g/mol. The van der Waals surface area contributed by atoms with Crippen molar-refractivity contribution in [3.8, 4) is 0 Å². The molecule has 0 radical (unpaired) electrons. The fourth-order valence-electron chi connectivity index (χ4n) is 2.57. The second-order valence-electron chi connectivity index (χ2n) is 5.24. The summed E-state index contributed by atoms with van der Waals surface area (Å²) in [7, 11) is 0. The first-order valence-electron chi connectivity index (χ1n) is 6.24. The van der Waals surface area contributed by atoms with Crippen LogP contribution in [0.5, 0.6) is 0 Å². The van der Waals surface area contributed by atoms with Crippen LogP contribution in [0.25, 0.3) is 0 Å². The van der Waals surface area contributed by atoms with E-state index < -0.39 is 88.8 Å². The second kappa shape index (κ2) is 7.10. The van der Waals surface area contributed by atoms with E-state index in [4.69, 9.17) is 24.1 Å². The van der Waals surface area contributed by atoms with Crippen molar-refractivity contribution in [2.75, 3.05) is 0 Å². The molecule has 0 aromatic carbocycles. The Labute approximate surface area is 236 Å². The Balaban J connectivity index is 0.000000911. The van der Waals surface area contributed by atoms with Crippen LogP contribution in [0.3, 0.4) is 0 Å². The van der Waals surface area contributed by atoms with Gasteiger partial charge in [0.25, 0.3) is 0 Å². The molecule has 0 aliphatic carbocycles. The minimum Gasteiger partial charge on any atom is 1.00 e. The summed E-state index contributed by atoms with van der Waals surface area (Å²) in [6.45, 7) is 1.22. The summed E-state index contributed by atoms with van der Waals surface area (Å²) >= 11 is -9.89. The maximum absolute atomic E-state index is 12.2. The maximum Gasteiger partial charge on any atom is 1.00 e. The van der Waals surface area contributed by atoms with E-state index in [9.17, 15) is 19.2 Å². The molecule has 5 rings (SSSR count). The van der Waals surface area contributed by atoms with Crippen LogP contribution >= 0.6 is 0 Å². The number of hydrogen-bond acceptors (Lipinski definition) is 12. The van der Waals surface area contributed by atoms with Gasteiger partial charge < -0.3 is 0 Å². The van der Waals surface area contributed by atoms with Gasteiger partial charge in [-0.2, -0.15) is 0 Å². The molecule has 25 heavy (non-hydrogen) atoms. The van der Waals surface area contributed by atoms with Crippen LogP contribution < -0.4 is 103 Å². The molecule has 0 N–H and O–H groups in total. The summed E-state index contributed by atoms with van der Waals surface area (Å²) in [4.78, 5) is 48.3. The van der Waals surface area contributed by atoms with Crippen LogP contribution in [0.15, 0.2) is 0 Å². The summed E-state index contributed by atoms with van der Waals surface area (Å²) in [5.41, 5.74) is -1.94. The molecular weight excluding hydrogens is 622 g/mol. The average Bonchev–Trinajstić information content (AvgIpc) is 3.09. The van der Waals surface area contributed by atoms with Crippen molar-refractivity contribution in [3.05, 3.63) is 0 Å². The number of rotatable bonds is 0. The summed E-state index contributed by atoms with van der Waals surface area (Å²) in [5.74, 6) is -3.90. The van der Waals surface area contributed by atoms with Gasteiger partial charge in [0.05, 0.1) is 0 Å². The zero-order chi connectivity index (χ0) is 16.2. The molecule has 6 bridgehead atoms. The van der Waals surface area contributed by atoms with Crippen molar-refractivity contribution in [2.24, 2.45) is 0 Å². The molecular formula is C9H6K2O12Sb2. The molecule has 0 saturated carbocycles. The fourth-order valence-corrected chi connectivity index (χ4v) is 13.9. The molecule has 5 heterocycles. The Morgan fingerprint density at radius 2 is 1.28 bits per heavy atom. The summed E-state index contributed by atoms with van der Waals surface area (Å²) in [6.07, 6.45) is -4.63. The largest absolute Gasteiger partial charge is 1.00 e. The quantitative estimate of drug-likeness (QED) is 0.236. The average molecular weight is 628 g/mol. The van der Waals surface area contributed by atoms with Gasteiger partial charge in [0.2, 0.25) is 0 Å². The predicted octanol–water partition coefficient (Wildman–Crippen LogP) is -8.96. The van der Waals surface area contributed by atoms with Gasteiger partial charge in [0.15, 0.2) is 0 Å². The van der Waals surface area contributed by atoms with Crippen LogP contribution in [0, 0.1) is 0 Å². The normalized spacial score (nSPS) is 53.7. The molecule has 5 saturated heterocycles. The standard InChI is InChI=1S/C5H6O6.C4H4O6.2K.2Sb/c1-5(11,4(9)10)2(6)3(7)8;5-1(3(7)8)2(6)4(9)10;;;;/h2H,1H3,(H,7,8)(H,9,10);1-2H,(H,7,8)(H,9,10);;;;/q2*-2;2*+1;2*+3/p-4. The van der Waals surface area contributed by atoms with Gasteiger partial charge in [-0.05, 0) is 0 Å². The minimum atomic E-state index is -4.96. The summed E-state index contributed by atoms with van der Waals surface area (Å²) in [6, 6.07) is 0. The first kappa shape index (κ1) is 22.3. The molecule has 6 atom stereocenters. The second-order valence-corrected chi connectivity index (χ2v) is 14.8. The van der Waals surface area contributed by atoms with Crippen molar-refractivity contribution in [1.29, 1.82) is 0 Å². The van der Waals surface area contributed by atoms with Crippen LogP contribution in [-0.4, -0.2) is 88.8 Å². The van der Waals surface area contributed by atoms with Crippen molar-refractivity contribution in [2.45, 2.75) is 30.8 Å². The molecule has 16 heteroatoms. The van der Waals surface area contributed by atoms with E-state index in [0.717, 1.165) is 0 Å². The molecule has 0 amide bonds. The van der Waals surface area contributed by atoms with Crippen LogP contribution in [0.2, 0.25) is 0 Å². The Morgan fingerprint density at radius 1 is 0.760 bits per heavy atom. The molecule has 5 aliphatic rings. The molecule has 5 aliphatic heterocycles. The third-order valence-corrected chi connectivity index (χ3v) is 14.1. The topological polar surface area (TPSA) is 142 Å². The third-order valence-electron chi connectivity index (χ3n) is 3.68. The molecule has 0 aromatic heterocycles. The van der Waals surface area contributed by atoms with Gasteiger partial charge in [0, 0.05) is 0 Å². The van der Waals surface area contributed by atoms with E-state index in [0.29, 0.717) is 0 Å². The molecule has 12 nitrogen and oxygen atoms in total. The van der Waals surface area contributed by atoms with Crippen molar-refractivity contribution >= 4 is 64.8 Å². The third kappa shape index (κ3) is 3.15. The van der Waals surface area contributed by atoms with E-state index in [2.05, 4.69) is 0 Å². The van der Waals surface area contributed by atoms with E-state index in [1.54, 1.807) is 0 Å². The van der Waals surface area contributed by atoms with Crippen molar-refractivity contribution < 1.29 is 146 Å². The van der Waals surface area contributed by atoms with E-state index in [-0.39, 0.29) is 103 Å². The van der Waals surface area contributed by atoms with Gasteiger partial charge in [0.1, 0.15) is 0 Å². The van der Waals surface area contributed by atoms with Crippen molar-refractivity contribution in [3.63, 3.8) is 0 Å². The Hall–Kier alpha value is 2.63. The molecule has 6 unspecified atom stereocenters. The molecule has 5 fully saturated rings. The van der Waals surface area contributed by atoms with Gasteiger partial charge in [-0.3, -0.25) is 0 Å². The maximum atomic E-state index is 12.2. The van der Waals surface area contributed by atoms with Crippen LogP contribution in [0.1, 0.15) is 6.92 Å². The number of hydrogen-bond donors (Lipinski definition) is 0. The number of carbonyl (C=O) groups excluding carboxylic acids is 4. The Bertz CT molecular complexity index is 719. The zero-order valence-electron chi connectivity index (χ0n) is 13.0. The molecule has 2 spiro atoms. The molecule has 126 valence electrons. The minimum absolute atomic E-state index is 0. The Morgan fingerprint density at radius 3 is 1.92 bits per heavy atom. The first-order chi connectivity index (χ1) is 10.8.